The smallest absolute Gasteiger partial charge is 0.254 e. The third-order valence-electron chi connectivity index (χ3n) is 10.3. The van der Waals surface area contributed by atoms with E-state index in [2.05, 4.69) is 58.5 Å². The molecule has 0 spiro atoms. The highest BCUT2D eigenvalue weighted by molar-refractivity contribution is 6.00. The van der Waals surface area contributed by atoms with Gasteiger partial charge in [0.1, 0.15) is 5.58 Å². The highest BCUT2D eigenvalue weighted by atomic mass is 16.5. The lowest BCUT2D eigenvalue weighted by Crippen LogP contribution is -2.51. The number of benzene rings is 2. The molecule has 2 saturated heterocycles. The first-order chi connectivity index (χ1) is 19.0. The van der Waals surface area contributed by atoms with Gasteiger partial charge in [-0.2, -0.15) is 0 Å². The number of piperidine rings is 1. The predicted molar refractivity (Wildman–Crippen MR) is 154 cm³/mol. The van der Waals surface area contributed by atoms with Gasteiger partial charge in [-0.25, -0.2) is 0 Å². The summed E-state index contributed by atoms with van der Waals surface area (Å²) in [6.07, 6.45) is 5.32. The number of hydrogen-bond acceptors (Lipinski definition) is 4. The molecular formula is C33H37N3O3. The number of nitrogens with zero attached hydrogens (tertiary/aromatic N) is 3. The van der Waals surface area contributed by atoms with Gasteiger partial charge in [0.2, 0.25) is 0 Å². The van der Waals surface area contributed by atoms with Crippen molar-refractivity contribution in [1.82, 2.24) is 9.47 Å². The molecule has 2 bridgehead atoms. The van der Waals surface area contributed by atoms with Crippen molar-refractivity contribution in [1.29, 1.82) is 0 Å². The molecule has 0 N–H and O–H groups in total. The van der Waals surface area contributed by atoms with Gasteiger partial charge in [-0.05, 0) is 80.7 Å². The second kappa shape index (κ2) is 8.62. The van der Waals surface area contributed by atoms with E-state index in [9.17, 15) is 4.79 Å². The van der Waals surface area contributed by atoms with Gasteiger partial charge in [0.15, 0.2) is 5.76 Å². The maximum atomic E-state index is 13.5. The Bertz CT molecular complexity index is 1610. The van der Waals surface area contributed by atoms with Gasteiger partial charge < -0.3 is 23.5 Å². The van der Waals surface area contributed by atoms with Crippen molar-refractivity contribution in [3.05, 3.63) is 53.6 Å². The van der Waals surface area contributed by atoms with E-state index in [1.165, 1.54) is 35.9 Å². The fourth-order valence-corrected chi connectivity index (χ4v) is 7.49. The molecule has 8 rings (SSSR count). The van der Waals surface area contributed by atoms with Crippen LogP contribution in [0.3, 0.4) is 0 Å². The van der Waals surface area contributed by atoms with E-state index < -0.39 is 0 Å². The van der Waals surface area contributed by atoms with Gasteiger partial charge in [-0.1, -0.05) is 19.1 Å². The summed E-state index contributed by atoms with van der Waals surface area (Å²) < 4.78 is 14.6. The molecule has 2 aliphatic heterocycles. The molecule has 1 amide bonds. The van der Waals surface area contributed by atoms with Gasteiger partial charge >= 0.3 is 0 Å². The van der Waals surface area contributed by atoms with Crippen LogP contribution >= 0.6 is 0 Å². The number of carbonyl (C=O) groups is 1. The number of likely N-dealkylation sites (tertiary alicyclic amines) is 1. The minimum Gasteiger partial charge on any atom is -0.454 e. The van der Waals surface area contributed by atoms with Crippen LogP contribution in [0.15, 0.2) is 46.9 Å². The number of ether oxygens (including phenoxy) is 1. The van der Waals surface area contributed by atoms with Crippen molar-refractivity contribution in [3.8, 4) is 11.5 Å². The molecule has 2 aliphatic carbocycles. The van der Waals surface area contributed by atoms with Crippen molar-refractivity contribution in [2.75, 3.05) is 31.6 Å². The van der Waals surface area contributed by atoms with Crippen molar-refractivity contribution in [3.63, 3.8) is 0 Å². The quantitative estimate of drug-likeness (QED) is 0.290. The van der Waals surface area contributed by atoms with Crippen LogP contribution < -0.4 is 4.90 Å². The molecule has 2 aromatic heterocycles. The largest absolute Gasteiger partial charge is 0.454 e. The molecular weight excluding hydrogens is 486 g/mol. The Labute approximate surface area is 229 Å². The van der Waals surface area contributed by atoms with Crippen LogP contribution in [0.4, 0.5) is 5.69 Å². The lowest BCUT2D eigenvalue weighted by atomic mass is 10.0. The van der Waals surface area contributed by atoms with Crippen LogP contribution in [0.5, 0.6) is 0 Å². The molecule has 202 valence electrons. The Morgan fingerprint density at radius 3 is 2.59 bits per heavy atom. The predicted octanol–water partition coefficient (Wildman–Crippen LogP) is 6.48. The summed E-state index contributed by atoms with van der Waals surface area (Å²) in [6, 6.07) is 15.6. The second-order valence-corrected chi connectivity index (χ2v) is 12.6. The van der Waals surface area contributed by atoms with Crippen LogP contribution in [-0.4, -0.2) is 54.3 Å². The van der Waals surface area contributed by atoms with E-state index in [1.807, 2.05) is 12.1 Å². The van der Waals surface area contributed by atoms with E-state index in [0.717, 1.165) is 72.1 Å². The van der Waals surface area contributed by atoms with E-state index in [-0.39, 0.29) is 5.91 Å². The molecule has 3 atom stereocenters. The number of aryl methyl sites for hydroxylation is 1. The Hall–Kier alpha value is -3.25. The summed E-state index contributed by atoms with van der Waals surface area (Å²) in [5.41, 5.74) is 6.36. The van der Waals surface area contributed by atoms with Gasteiger partial charge in [0.05, 0.1) is 17.3 Å². The molecule has 2 unspecified atom stereocenters. The Kier molecular flexibility index (Phi) is 5.22. The van der Waals surface area contributed by atoms with Crippen LogP contribution in [0.1, 0.15) is 48.5 Å². The highest BCUT2D eigenvalue weighted by Gasteiger charge is 2.46. The zero-order chi connectivity index (χ0) is 26.4. The lowest BCUT2D eigenvalue weighted by molar-refractivity contribution is 0.0696. The maximum absolute atomic E-state index is 13.5. The molecule has 4 aromatic rings. The molecule has 6 nitrogen and oxygen atoms in total. The third-order valence-corrected chi connectivity index (χ3v) is 10.3. The van der Waals surface area contributed by atoms with Crippen LogP contribution in [0.2, 0.25) is 0 Å². The van der Waals surface area contributed by atoms with Crippen LogP contribution in [0, 0.1) is 24.7 Å². The lowest BCUT2D eigenvalue weighted by Gasteiger charge is -2.40. The molecule has 39 heavy (non-hydrogen) atoms. The number of hydrogen-bond donors (Lipinski definition) is 0. The summed E-state index contributed by atoms with van der Waals surface area (Å²) in [5, 5.41) is 2.33. The standard InChI is InChI=1S/C33H37N3O3/c1-19-24-8-11-28(19)36(16-24)33(37)23-7-10-27-20(2)32(39-31(27)13-23)30-12-22-6-9-25(34-17-26(18-34)38-3)14-29(22)35(30)15-21-4-5-21/h6-7,9-10,12-14,19,21,24,26,28H,4-5,8,11,15-18H2,1-3H3/t19-,24?,28?/m1/s1. The average molecular weight is 524 g/mol. The molecule has 4 aliphatic rings. The summed E-state index contributed by atoms with van der Waals surface area (Å²) in [6.45, 7) is 8.26. The fourth-order valence-electron chi connectivity index (χ4n) is 7.49. The number of fused-ring (bicyclic) bond motifs is 4. The normalized spacial score (nSPS) is 24.8. The minimum absolute atomic E-state index is 0.156. The van der Waals surface area contributed by atoms with Crippen LogP contribution in [-0.2, 0) is 11.3 Å². The summed E-state index contributed by atoms with van der Waals surface area (Å²) in [5.74, 6) is 3.09. The van der Waals surface area contributed by atoms with Crippen molar-refractivity contribution >= 4 is 33.5 Å². The molecule has 0 radical (unpaired) electrons. The van der Waals surface area contributed by atoms with E-state index in [0.29, 0.717) is 24.0 Å². The van der Waals surface area contributed by atoms with Crippen LogP contribution in [0.25, 0.3) is 33.3 Å². The number of aromatic nitrogens is 1. The number of methoxy groups -OCH3 is 1. The third kappa shape index (κ3) is 3.67. The minimum atomic E-state index is 0.156. The summed E-state index contributed by atoms with van der Waals surface area (Å²) >= 11 is 0. The van der Waals surface area contributed by atoms with Gasteiger partial charge in [0, 0.05) is 66.9 Å². The van der Waals surface area contributed by atoms with Gasteiger partial charge in [0.25, 0.3) is 5.91 Å². The van der Waals surface area contributed by atoms with Crippen molar-refractivity contribution in [2.24, 2.45) is 17.8 Å². The first-order valence-electron chi connectivity index (χ1n) is 14.7. The molecule has 6 heteroatoms. The molecule has 2 saturated carbocycles. The van der Waals surface area contributed by atoms with Gasteiger partial charge in [-0.15, -0.1) is 0 Å². The Morgan fingerprint density at radius 1 is 1.03 bits per heavy atom. The number of furan rings is 1. The summed E-state index contributed by atoms with van der Waals surface area (Å²) in [7, 11) is 1.79. The number of rotatable bonds is 6. The van der Waals surface area contributed by atoms with E-state index in [4.69, 9.17) is 9.15 Å². The monoisotopic (exact) mass is 523 g/mol. The first kappa shape index (κ1) is 23.6. The zero-order valence-electron chi connectivity index (χ0n) is 23.2. The molecule has 4 fully saturated rings. The Morgan fingerprint density at radius 2 is 1.87 bits per heavy atom. The molecule has 4 heterocycles. The number of carbonyl (C=O) groups excluding carboxylic acids is 1. The first-order valence-corrected chi connectivity index (χ1v) is 14.7. The topological polar surface area (TPSA) is 50.9 Å². The fraction of sp³-hybridized carbons (Fsp3) is 0.485. The van der Waals surface area contributed by atoms with E-state index in [1.54, 1.807) is 7.11 Å². The SMILES string of the molecule is COC1CN(c2ccc3cc(-c4oc5cc(C(=O)N6CC7CCC6[C@@H]7C)ccc5c4C)n(CC4CC4)c3c2)C1. The average Bonchev–Trinajstić information content (AvgIpc) is 3.33. The Balaban J connectivity index is 1.17. The van der Waals surface area contributed by atoms with Crippen molar-refractivity contribution < 1.29 is 13.9 Å². The number of amides is 1. The maximum Gasteiger partial charge on any atom is 0.254 e. The van der Waals surface area contributed by atoms with E-state index >= 15 is 0 Å². The number of anilines is 1. The zero-order valence-corrected chi connectivity index (χ0v) is 23.2. The second-order valence-electron chi connectivity index (χ2n) is 12.6. The van der Waals surface area contributed by atoms with Gasteiger partial charge in [-0.3, -0.25) is 4.79 Å². The molecule has 2 aromatic carbocycles. The highest BCUT2D eigenvalue weighted by Crippen LogP contribution is 2.44. The van der Waals surface area contributed by atoms with Crippen molar-refractivity contribution in [2.45, 2.75) is 58.2 Å². The summed E-state index contributed by atoms with van der Waals surface area (Å²) in [4.78, 5) is 18.0.